The Balaban J connectivity index is 2.75. The molecule has 0 spiro atoms. The third-order valence-electron chi connectivity index (χ3n) is 1.39. The molecular weight excluding hydrogens is 166 g/mol. The van der Waals surface area contributed by atoms with Crippen LogP contribution in [0.5, 0.6) is 0 Å². The maximum atomic E-state index is 11.0. The lowest BCUT2D eigenvalue weighted by atomic mass is 10.5. The summed E-state index contributed by atoms with van der Waals surface area (Å²) in [6.45, 7) is 4.00. The highest BCUT2D eigenvalue weighted by atomic mass is 16.1. The summed E-state index contributed by atoms with van der Waals surface area (Å²) in [5.74, 6) is 6.72. The first-order valence-electron chi connectivity index (χ1n) is 3.94. The molecule has 4 nitrogen and oxygen atoms in total. The van der Waals surface area contributed by atoms with Gasteiger partial charge >= 0.3 is 0 Å². The zero-order valence-corrected chi connectivity index (χ0v) is 7.64. The van der Waals surface area contributed by atoms with E-state index >= 15 is 0 Å². The monoisotopic (exact) mass is 177 g/mol. The van der Waals surface area contributed by atoms with E-state index in [0.717, 1.165) is 0 Å². The van der Waals surface area contributed by atoms with Crippen LogP contribution in [0.4, 0.5) is 5.82 Å². The van der Waals surface area contributed by atoms with E-state index in [1.165, 1.54) is 6.07 Å². The fraction of sp³-hybridized carbons (Fsp3) is 0.333. The number of hydrogen-bond donors (Lipinski definition) is 2. The van der Waals surface area contributed by atoms with Crippen LogP contribution in [0.1, 0.15) is 12.7 Å². The zero-order valence-electron chi connectivity index (χ0n) is 7.64. The second kappa shape index (κ2) is 4.31. The van der Waals surface area contributed by atoms with Crippen LogP contribution < -0.4 is 10.9 Å². The van der Waals surface area contributed by atoms with Gasteiger partial charge in [0.2, 0.25) is 0 Å². The second-order valence-electron chi connectivity index (χ2n) is 2.50. The lowest BCUT2D eigenvalue weighted by Gasteiger charge is -2.00. The lowest BCUT2D eigenvalue weighted by molar-refractivity contribution is 1.01. The molecule has 2 N–H and O–H groups in total. The van der Waals surface area contributed by atoms with Crippen LogP contribution in [0.2, 0.25) is 0 Å². The van der Waals surface area contributed by atoms with Gasteiger partial charge in [-0.1, -0.05) is 5.92 Å². The van der Waals surface area contributed by atoms with Gasteiger partial charge < -0.3 is 10.3 Å². The van der Waals surface area contributed by atoms with E-state index in [4.69, 9.17) is 0 Å². The summed E-state index contributed by atoms with van der Waals surface area (Å²) in [5.41, 5.74) is -0.153. The normalized spacial score (nSPS) is 8.77. The van der Waals surface area contributed by atoms with Crippen molar-refractivity contribution in [1.82, 2.24) is 9.97 Å². The Bertz CT molecular complexity index is 397. The molecule has 1 aromatic rings. The van der Waals surface area contributed by atoms with Crippen LogP contribution in [0.3, 0.4) is 0 Å². The van der Waals surface area contributed by atoms with Gasteiger partial charge in [0, 0.05) is 6.07 Å². The van der Waals surface area contributed by atoms with Crippen LogP contribution in [0, 0.1) is 18.8 Å². The number of H-pyrrole nitrogens is 1. The lowest BCUT2D eigenvalue weighted by Crippen LogP contribution is -2.11. The number of aromatic nitrogens is 2. The molecule has 0 saturated heterocycles. The minimum absolute atomic E-state index is 0.153. The molecule has 0 fully saturated rings. The smallest absolute Gasteiger partial charge is 0.252 e. The maximum absolute atomic E-state index is 11.0. The van der Waals surface area contributed by atoms with Crippen molar-refractivity contribution < 1.29 is 0 Å². The van der Waals surface area contributed by atoms with Gasteiger partial charge in [-0.2, -0.15) is 0 Å². The summed E-state index contributed by atoms with van der Waals surface area (Å²) < 4.78 is 0. The molecule has 1 heterocycles. The Morgan fingerprint density at radius 1 is 1.69 bits per heavy atom. The van der Waals surface area contributed by atoms with Crippen LogP contribution >= 0.6 is 0 Å². The first-order chi connectivity index (χ1) is 6.22. The maximum Gasteiger partial charge on any atom is 0.252 e. The molecule has 0 unspecified atom stereocenters. The predicted molar refractivity (Wildman–Crippen MR) is 51.5 cm³/mol. The van der Waals surface area contributed by atoms with Crippen molar-refractivity contribution in [3.63, 3.8) is 0 Å². The highest BCUT2D eigenvalue weighted by Crippen LogP contribution is 1.95. The summed E-state index contributed by atoms with van der Waals surface area (Å²) >= 11 is 0. The van der Waals surface area contributed by atoms with E-state index in [0.29, 0.717) is 18.2 Å². The molecule has 13 heavy (non-hydrogen) atoms. The molecule has 4 heteroatoms. The molecule has 1 aromatic heterocycles. The Kier molecular flexibility index (Phi) is 3.09. The van der Waals surface area contributed by atoms with Gasteiger partial charge in [0.1, 0.15) is 11.6 Å². The Hall–Kier alpha value is -1.76. The summed E-state index contributed by atoms with van der Waals surface area (Å²) in [6.07, 6.45) is 0. The number of nitrogens with one attached hydrogen (secondary N) is 2. The number of nitrogens with zero attached hydrogens (tertiary/aromatic N) is 1. The largest absolute Gasteiger partial charge is 0.359 e. The van der Waals surface area contributed by atoms with E-state index < -0.39 is 0 Å². The van der Waals surface area contributed by atoms with Gasteiger partial charge in [0.05, 0.1) is 6.54 Å². The highest BCUT2D eigenvalue weighted by Gasteiger charge is 1.94. The average molecular weight is 177 g/mol. The van der Waals surface area contributed by atoms with E-state index in [-0.39, 0.29) is 5.56 Å². The van der Waals surface area contributed by atoms with Gasteiger partial charge in [-0.25, -0.2) is 4.98 Å². The van der Waals surface area contributed by atoms with Crippen LogP contribution in [-0.4, -0.2) is 16.5 Å². The van der Waals surface area contributed by atoms with E-state index in [9.17, 15) is 4.79 Å². The molecule has 0 atom stereocenters. The van der Waals surface area contributed by atoms with Gasteiger partial charge in [-0.05, 0) is 13.8 Å². The summed E-state index contributed by atoms with van der Waals surface area (Å²) in [6, 6.07) is 1.41. The molecule has 0 aliphatic heterocycles. The van der Waals surface area contributed by atoms with Crippen molar-refractivity contribution in [1.29, 1.82) is 0 Å². The average Bonchev–Trinajstić information content (AvgIpc) is 2.03. The fourth-order valence-electron chi connectivity index (χ4n) is 0.893. The van der Waals surface area contributed by atoms with Crippen LogP contribution in [0.25, 0.3) is 0 Å². The quantitative estimate of drug-likeness (QED) is 0.647. The first-order valence-corrected chi connectivity index (χ1v) is 3.94. The van der Waals surface area contributed by atoms with Crippen molar-refractivity contribution in [2.24, 2.45) is 0 Å². The third kappa shape index (κ3) is 2.99. The SMILES string of the molecule is CC#CCNc1cc(=O)[nH]c(C)n1. The van der Waals surface area contributed by atoms with Gasteiger partial charge in [-0.3, -0.25) is 4.79 Å². The number of anilines is 1. The van der Waals surface area contributed by atoms with Crippen molar-refractivity contribution in [3.05, 3.63) is 22.2 Å². The molecule has 68 valence electrons. The van der Waals surface area contributed by atoms with Gasteiger partial charge in [0.15, 0.2) is 0 Å². The van der Waals surface area contributed by atoms with E-state index in [2.05, 4.69) is 27.1 Å². The Morgan fingerprint density at radius 3 is 3.08 bits per heavy atom. The molecule has 0 aliphatic carbocycles. The van der Waals surface area contributed by atoms with Crippen molar-refractivity contribution in [2.75, 3.05) is 11.9 Å². The molecule has 1 rings (SSSR count). The fourth-order valence-corrected chi connectivity index (χ4v) is 0.893. The van der Waals surface area contributed by atoms with E-state index in [1.54, 1.807) is 13.8 Å². The molecule has 0 saturated carbocycles. The molecule has 0 bridgehead atoms. The third-order valence-corrected chi connectivity index (χ3v) is 1.39. The summed E-state index contributed by atoms with van der Waals surface area (Å²) in [4.78, 5) is 17.6. The highest BCUT2D eigenvalue weighted by molar-refractivity contribution is 5.34. The second-order valence-corrected chi connectivity index (χ2v) is 2.50. The standard InChI is InChI=1S/C9H11N3O/c1-3-4-5-10-8-6-9(13)12-7(2)11-8/h6H,5H2,1-2H3,(H2,10,11,12,13). The van der Waals surface area contributed by atoms with Gasteiger partial charge in [0.25, 0.3) is 5.56 Å². The van der Waals surface area contributed by atoms with Gasteiger partial charge in [-0.15, -0.1) is 5.92 Å². The number of hydrogen-bond acceptors (Lipinski definition) is 3. The predicted octanol–water partition coefficient (Wildman–Crippen LogP) is 0.514. The van der Waals surface area contributed by atoms with E-state index in [1.807, 2.05) is 0 Å². The minimum Gasteiger partial charge on any atom is -0.359 e. The zero-order chi connectivity index (χ0) is 9.68. The van der Waals surface area contributed by atoms with Crippen molar-refractivity contribution in [3.8, 4) is 11.8 Å². The molecule has 0 aromatic carbocycles. The number of aryl methyl sites for hydroxylation is 1. The van der Waals surface area contributed by atoms with Crippen molar-refractivity contribution >= 4 is 5.82 Å². The minimum atomic E-state index is -0.153. The molecule has 0 aliphatic rings. The summed E-state index contributed by atoms with van der Waals surface area (Å²) in [7, 11) is 0. The van der Waals surface area contributed by atoms with Crippen LogP contribution in [-0.2, 0) is 0 Å². The van der Waals surface area contributed by atoms with Crippen molar-refractivity contribution in [2.45, 2.75) is 13.8 Å². The molecular formula is C9H11N3O. The van der Waals surface area contributed by atoms with Crippen LogP contribution in [0.15, 0.2) is 10.9 Å². The molecule has 0 amide bonds. The summed E-state index contributed by atoms with van der Waals surface area (Å²) in [5, 5.41) is 2.92. The Labute approximate surface area is 76.4 Å². The number of aromatic amines is 1. The topological polar surface area (TPSA) is 57.8 Å². The Morgan fingerprint density at radius 2 is 2.46 bits per heavy atom. The molecule has 0 radical (unpaired) electrons. The number of rotatable bonds is 2. The first kappa shape index (κ1) is 9.33.